The van der Waals surface area contributed by atoms with E-state index in [2.05, 4.69) is 5.32 Å². The van der Waals surface area contributed by atoms with Crippen LogP contribution in [0.4, 0.5) is 5.69 Å². The van der Waals surface area contributed by atoms with Crippen LogP contribution in [0.25, 0.3) is 0 Å². The molecule has 10 heteroatoms. The Hall–Kier alpha value is -3.56. The first-order valence-electron chi connectivity index (χ1n) is 13.5. The Labute approximate surface area is 248 Å². The summed E-state index contributed by atoms with van der Waals surface area (Å²) in [6.45, 7) is 8.68. The highest BCUT2D eigenvalue weighted by molar-refractivity contribution is 7.92. The minimum Gasteiger partial charge on any atom is -0.497 e. The van der Waals surface area contributed by atoms with Crippen molar-refractivity contribution in [2.24, 2.45) is 0 Å². The maximum atomic E-state index is 14.2. The van der Waals surface area contributed by atoms with Crippen LogP contribution in [0.3, 0.4) is 0 Å². The number of nitrogens with zero attached hydrogens (tertiary/aromatic N) is 2. The summed E-state index contributed by atoms with van der Waals surface area (Å²) in [5.41, 5.74) is 2.55. The van der Waals surface area contributed by atoms with Gasteiger partial charge in [0, 0.05) is 17.6 Å². The zero-order chi connectivity index (χ0) is 30.3. The van der Waals surface area contributed by atoms with Gasteiger partial charge in [0.25, 0.3) is 10.0 Å². The minimum atomic E-state index is -4.17. The number of hydrogen-bond acceptors (Lipinski definition) is 5. The number of nitrogens with one attached hydrogen (secondary N) is 1. The van der Waals surface area contributed by atoms with Crippen molar-refractivity contribution in [1.82, 2.24) is 10.2 Å². The van der Waals surface area contributed by atoms with Gasteiger partial charge in [-0.15, -0.1) is 0 Å². The number of carbonyl (C=O) groups is 2. The first kappa shape index (κ1) is 32.0. The molecule has 0 saturated carbocycles. The fourth-order valence-electron chi connectivity index (χ4n) is 4.52. The normalized spacial score (nSPS) is 12.1. The van der Waals surface area contributed by atoms with Gasteiger partial charge in [0.2, 0.25) is 11.8 Å². The third kappa shape index (κ3) is 8.01. The van der Waals surface area contributed by atoms with Crippen LogP contribution in [0.2, 0.25) is 5.02 Å². The van der Waals surface area contributed by atoms with E-state index >= 15 is 0 Å². The number of methoxy groups -OCH3 is 1. The molecule has 0 unspecified atom stereocenters. The van der Waals surface area contributed by atoms with E-state index in [9.17, 15) is 18.0 Å². The number of rotatable bonds is 12. The molecule has 0 spiro atoms. The zero-order valence-corrected chi connectivity index (χ0v) is 25.9. The number of amides is 2. The van der Waals surface area contributed by atoms with Crippen LogP contribution in [-0.2, 0) is 26.2 Å². The van der Waals surface area contributed by atoms with Gasteiger partial charge in [0.05, 0.1) is 17.7 Å². The lowest BCUT2D eigenvalue weighted by molar-refractivity contribution is -0.140. The van der Waals surface area contributed by atoms with E-state index in [0.717, 1.165) is 15.4 Å². The van der Waals surface area contributed by atoms with Crippen molar-refractivity contribution < 1.29 is 22.7 Å². The number of benzene rings is 3. The quantitative estimate of drug-likeness (QED) is 0.297. The van der Waals surface area contributed by atoms with Gasteiger partial charge < -0.3 is 15.0 Å². The Morgan fingerprint density at radius 3 is 2.27 bits per heavy atom. The largest absolute Gasteiger partial charge is 0.497 e. The smallest absolute Gasteiger partial charge is 0.264 e. The molecule has 0 fully saturated rings. The fourth-order valence-corrected chi connectivity index (χ4v) is 6.22. The van der Waals surface area contributed by atoms with Crippen molar-refractivity contribution in [3.8, 4) is 5.75 Å². The molecule has 3 aromatic carbocycles. The van der Waals surface area contributed by atoms with E-state index in [4.69, 9.17) is 16.3 Å². The summed E-state index contributed by atoms with van der Waals surface area (Å²) >= 11 is 6.18. The molecule has 3 aromatic rings. The van der Waals surface area contributed by atoms with E-state index in [0.29, 0.717) is 28.4 Å². The average molecular weight is 600 g/mol. The SMILES string of the molecule is CC[C@H](C(=O)NC(C)C)N(Cc1cccc(OC)c1)C(=O)CN(c1ccc(Cl)cc1C)S(=O)(=O)c1ccc(C)cc1. The zero-order valence-electron chi connectivity index (χ0n) is 24.3. The van der Waals surface area contributed by atoms with Gasteiger partial charge in [-0.1, -0.05) is 48.4 Å². The molecule has 2 amide bonds. The maximum absolute atomic E-state index is 14.2. The van der Waals surface area contributed by atoms with Gasteiger partial charge >= 0.3 is 0 Å². The molecule has 0 saturated heterocycles. The number of hydrogen-bond donors (Lipinski definition) is 1. The second-order valence-electron chi connectivity index (χ2n) is 10.2. The van der Waals surface area contributed by atoms with Gasteiger partial charge in [0.15, 0.2) is 0 Å². The first-order chi connectivity index (χ1) is 19.4. The topological polar surface area (TPSA) is 96.0 Å². The molecule has 0 aromatic heterocycles. The molecule has 0 radical (unpaired) electrons. The number of aryl methyl sites for hydroxylation is 2. The summed E-state index contributed by atoms with van der Waals surface area (Å²) in [7, 11) is -2.62. The summed E-state index contributed by atoms with van der Waals surface area (Å²) in [5.74, 6) is -0.229. The molecule has 8 nitrogen and oxygen atoms in total. The van der Waals surface area contributed by atoms with Crippen LogP contribution >= 0.6 is 11.6 Å². The molecule has 1 atom stereocenters. The van der Waals surface area contributed by atoms with Crippen LogP contribution in [-0.4, -0.2) is 50.9 Å². The summed E-state index contributed by atoms with van der Waals surface area (Å²) < 4.78 is 34.5. The van der Waals surface area contributed by atoms with E-state index in [1.54, 1.807) is 62.6 Å². The molecule has 41 heavy (non-hydrogen) atoms. The van der Waals surface area contributed by atoms with Crippen molar-refractivity contribution in [2.75, 3.05) is 18.0 Å². The molecule has 1 N–H and O–H groups in total. The Balaban J connectivity index is 2.11. The Bertz CT molecular complexity index is 1480. The molecular weight excluding hydrogens is 562 g/mol. The van der Waals surface area contributed by atoms with Crippen LogP contribution in [0, 0.1) is 13.8 Å². The lowest BCUT2D eigenvalue weighted by atomic mass is 10.1. The lowest BCUT2D eigenvalue weighted by Crippen LogP contribution is -2.53. The molecule has 220 valence electrons. The number of ether oxygens (including phenoxy) is 1. The highest BCUT2D eigenvalue weighted by Crippen LogP contribution is 2.30. The number of anilines is 1. The predicted molar refractivity (Wildman–Crippen MR) is 163 cm³/mol. The van der Waals surface area contributed by atoms with Crippen molar-refractivity contribution in [3.63, 3.8) is 0 Å². The van der Waals surface area contributed by atoms with Gasteiger partial charge in [-0.05, 0) is 87.7 Å². The molecule has 0 bridgehead atoms. The Morgan fingerprint density at radius 1 is 1.00 bits per heavy atom. The molecule has 0 heterocycles. The number of carbonyl (C=O) groups excluding carboxylic acids is 2. The third-order valence-electron chi connectivity index (χ3n) is 6.62. The monoisotopic (exact) mass is 599 g/mol. The minimum absolute atomic E-state index is 0.0502. The van der Waals surface area contributed by atoms with Crippen LogP contribution < -0.4 is 14.4 Å². The molecular formula is C31H38ClN3O5S. The molecule has 0 aliphatic rings. The first-order valence-corrected chi connectivity index (χ1v) is 15.3. The fraction of sp³-hybridized carbons (Fsp3) is 0.355. The summed E-state index contributed by atoms with van der Waals surface area (Å²) in [6.07, 6.45) is 0.332. The number of sulfonamides is 1. The molecule has 3 rings (SSSR count). The van der Waals surface area contributed by atoms with Gasteiger partial charge in [-0.2, -0.15) is 0 Å². The van der Waals surface area contributed by atoms with Crippen LogP contribution in [0.5, 0.6) is 5.75 Å². The van der Waals surface area contributed by atoms with Crippen molar-refractivity contribution in [3.05, 3.63) is 88.4 Å². The van der Waals surface area contributed by atoms with Crippen molar-refractivity contribution in [2.45, 2.75) is 64.6 Å². The lowest BCUT2D eigenvalue weighted by Gasteiger charge is -2.34. The summed E-state index contributed by atoms with van der Waals surface area (Å²) in [6, 6.07) is 17.5. The summed E-state index contributed by atoms with van der Waals surface area (Å²) in [4.78, 5) is 28.9. The molecule has 0 aliphatic heterocycles. The van der Waals surface area contributed by atoms with E-state index in [1.807, 2.05) is 33.8 Å². The second kappa shape index (κ2) is 13.9. The second-order valence-corrected chi connectivity index (χ2v) is 12.5. The van der Waals surface area contributed by atoms with Crippen molar-refractivity contribution >= 4 is 39.1 Å². The maximum Gasteiger partial charge on any atom is 0.264 e. The molecule has 0 aliphatic carbocycles. The third-order valence-corrected chi connectivity index (χ3v) is 8.63. The number of halogens is 1. The highest BCUT2D eigenvalue weighted by atomic mass is 35.5. The van der Waals surface area contributed by atoms with Gasteiger partial charge in [-0.25, -0.2) is 8.42 Å². The van der Waals surface area contributed by atoms with Gasteiger partial charge in [-0.3, -0.25) is 13.9 Å². The summed E-state index contributed by atoms with van der Waals surface area (Å²) in [5, 5.41) is 3.34. The Kier molecular flexibility index (Phi) is 10.8. The average Bonchev–Trinajstić information content (AvgIpc) is 2.91. The Morgan fingerprint density at radius 2 is 1.68 bits per heavy atom. The van der Waals surface area contributed by atoms with E-state index in [-0.39, 0.29) is 23.4 Å². The standard InChI is InChI=1S/C31H38ClN3O5S/c1-7-28(31(37)33-21(2)3)34(19-24-9-8-10-26(18-24)40-6)30(36)20-35(29-16-13-25(32)17-23(29)5)41(38,39)27-14-11-22(4)12-15-27/h8-18,21,28H,7,19-20H2,1-6H3,(H,33,37)/t28-/m1/s1. The van der Waals surface area contributed by atoms with E-state index in [1.165, 1.54) is 17.0 Å². The van der Waals surface area contributed by atoms with E-state index < -0.39 is 28.5 Å². The highest BCUT2D eigenvalue weighted by Gasteiger charge is 2.34. The van der Waals surface area contributed by atoms with Crippen molar-refractivity contribution in [1.29, 1.82) is 0 Å². The predicted octanol–water partition coefficient (Wildman–Crippen LogP) is 5.49. The van der Waals surface area contributed by atoms with Crippen LogP contribution in [0.15, 0.2) is 71.6 Å². The van der Waals surface area contributed by atoms with Crippen LogP contribution in [0.1, 0.15) is 43.9 Å². The van der Waals surface area contributed by atoms with Gasteiger partial charge in [0.1, 0.15) is 18.3 Å².